The van der Waals surface area contributed by atoms with Gasteiger partial charge in [-0.25, -0.2) is 9.79 Å². The number of halogens is 1. The third kappa shape index (κ3) is 3.75. The van der Waals surface area contributed by atoms with E-state index in [1.165, 1.54) is 38.5 Å². The van der Waals surface area contributed by atoms with E-state index in [1.54, 1.807) is 18.2 Å². The summed E-state index contributed by atoms with van der Waals surface area (Å²) in [6, 6.07) is 9.14. The number of hydrogen-bond acceptors (Lipinski definition) is 7. The Morgan fingerprint density at radius 2 is 1.89 bits per heavy atom. The fourth-order valence-electron chi connectivity index (χ4n) is 2.42. The molecule has 0 aliphatic carbocycles. The molecule has 2 aromatic carbocycles. The van der Waals surface area contributed by atoms with Crippen LogP contribution in [0, 0.1) is 10.1 Å². The highest BCUT2D eigenvalue weighted by Gasteiger charge is 2.26. The molecule has 0 bridgehead atoms. The molecule has 1 aliphatic heterocycles. The van der Waals surface area contributed by atoms with Crippen molar-refractivity contribution in [3.63, 3.8) is 0 Å². The van der Waals surface area contributed by atoms with Crippen LogP contribution in [0.15, 0.2) is 47.1 Å². The molecule has 0 fully saturated rings. The third-order valence-corrected chi connectivity index (χ3v) is 4.04. The van der Waals surface area contributed by atoms with Gasteiger partial charge in [-0.05, 0) is 35.9 Å². The summed E-state index contributed by atoms with van der Waals surface area (Å²) >= 11 is 5.79. The number of nitrogens with zero attached hydrogens (tertiary/aromatic N) is 2. The van der Waals surface area contributed by atoms with Crippen LogP contribution in [-0.4, -0.2) is 31.0 Å². The molecule has 0 saturated carbocycles. The van der Waals surface area contributed by atoms with Gasteiger partial charge in [-0.3, -0.25) is 10.1 Å². The standard InChI is InChI=1S/C18H13ClN2O6/c1-25-15-6-3-10(8-16(15)26-2)7-13-18(22)27-17(20-13)11-4-5-12(19)14(9-11)21(23)24/h3-9H,1-2H3. The van der Waals surface area contributed by atoms with Crippen molar-refractivity contribution in [3.05, 3.63) is 68.4 Å². The lowest BCUT2D eigenvalue weighted by atomic mass is 10.1. The number of carbonyl (C=O) groups excluding carboxylic acids is 1. The van der Waals surface area contributed by atoms with Crippen LogP contribution in [0.1, 0.15) is 11.1 Å². The first-order chi connectivity index (χ1) is 12.9. The Kier molecular flexibility index (Phi) is 5.09. The van der Waals surface area contributed by atoms with Gasteiger partial charge in [0.1, 0.15) is 5.02 Å². The van der Waals surface area contributed by atoms with Crippen LogP contribution in [-0.2, 0) is 9.53 Å². The number of aliphatic imine (C=N–C) groups is 1. The van der Waals surface area contributed by atoms with E-state index >= 15 is 0 Å². The van der Waals surface area contributed by atoms with Gasteiger partial charge >= 0.3 is 5.97 Å². The van der Waals surface area contributed by atoms with Crippen LogP contribution in [0.4, 0.5) is 5.69 Å². The zero-order chi connectivity index (χ0) is 19.6. The lowest BCUT2D eigenvalue weighted by Crippen LogP contribution is -2.06. The van der Waals surface area contributed by atoms with Gasteiger partial charge in [-0.15, -0.1) is 0 Å². The minimum atomic E-state index is -0.669. The first-order valence-electron chi connectivity index (χ1n) is 7.62. The molecule has 8 nitrogen and oxygen atoms in total. The van der Waals surface area contributed by atoms with Gasteiger partial charge in [0.05, 0.1) is 19.1 Å². The molecule has 0 N–H and O–H groups in total. The van der Waals surface area contributed by atoms with Crippen molar-refractivity contribution in [1.82, 2.24) is 0 Å². The summed E-state index contributed by atoms with van der Waals surface area (Å²) < 4.78 is 15.5. The van der Waals surface area contributed by atoms with Gasteiger partial charge in [0.15, 0.2) is 17.2 Å². The Hall–Kier alpha value is -3.39. The van der Waals surface area contributed by atoms with Crippen molar-refractivity contribution in [2.75, 3.05) is 14.2 Å². The molecule has 0 saturated heterocycles. The highest BCUT2D eigenvalue weighted by molar-refractivity contribution is 6.32. The molecule has 2 aromatic rings. The second-order valence-electron chi connectivity index (χ2n) is 5.37. The van der Waals surface area contributed by atoms with Gasteiger partial charge < -0.3 is 14.2 Å². The molecule has 9 heteroatoms. The summed E-state index contributed by atoms with van der Waals surface area (Å²) in [5, 5.41) is 11.0. The quantitative estimate of drug-likeness (QED) is 0.335. The van der Waals surface area contributed by atoms with Crippen LogP contribution in [0.2, 0.25) is 5.02 Å². The summed E-state index contributed by atoms with van der Waals surface area (Å²) in [6.07, 6.45) is 1.52. The van der Waals surface area contributed by atoms with E-state index in [1.807, 2.05) is 0 Å². The van der Waals surface area contributed by atoms with Crippen LogP contribution in [0.3, 0.4) is 0 Å². The maximum atomic E-state index is 12.1. The zero-order valence-electron chi connectivity index (χ0n) is 14.3. The molecule has 1 heterocycles. The average Bonchev–Trinajstić information content (AvgIpc) is 3.02. The van der Waals surface area contributed by atoms with Crippen molar-refractivity contribution in [2.45, 2.75) is 0 Å². The number of carbonyl (C=O) groups is 1. The molecule has 0 unspecified atom stereocenters. The normalized spacial score (nSPS) is 14.7. The van der Waals surface area contributed by atoms with Gasteiger partial charge in [-0.1, -0.05) is 17.7 Å². The van der Waals surface area contributed by atoms with Crippen molar-refractivity contribution in [2.24, 2.45) is 4.99 Å². The first-order valence-corrected chi connectivity index (χ1v) is 7.99. The molecule has 27 heavy (non-hydrogen) atoms. The fourth-order valence-corrected chi connectivity index (χ4v) is 2.61. The van der Waals surface area contributed by atoms with Crippen LogP contribution in [0.5, 0.6) is 11.5 Å². The Bertz CT molecular complexity index is 999. The number of hydrogen-bond donors (Lipinski definition) is 0. The number of nitro groups is 1. The molecular weight excluding hydrogens is 376 g/mol. The Balaban J connectivity index is 1.96. The Morgan fingerprint density at radius 1 is 1.15 bits per heavy atom. The van der Waals surface area contributed by atoms with Gasteiger partial charge in [0, 0.05) is 11.6 Å². The van der Waals surface area contributed by atoms with Gasteiger partial charge in [-0.2, -0.15) is 0 Å². The van der Waals surface area contributed by atoms with Crippen LogP contribution >= 0.6 is 11.6 Å². The monoisotopic (exact) mass is 388 g/mol. The zero-order valence-corrected chi connectivity index (χ0v) is 15.0. The molecule has 0 aromatic heterocycles. The highest BCUT2D eigenvalue weighted by atomic mass is 35.5. The number of methoxy groups -OCH3 is 2. The minimum Gasteiger partial charge on any atom is -0.493 e. The summed E-state index contributed by atoms with van der Waals surface area (Å²) in [7, 11) is 3.02. The molecule has 0 radical (unpaired) electrons. The number of nitro benzene ring substituents is 1. The average molecular weight is 389 g/mol. The predicted octanol–water partition coefficient (Wildman–Crippen LogP) is 3.61. The van der Waals surface area contributed by atoms with Crippen LogP contribution < -0.4 is 9.47 Å². The maximum Gasteiger partial charge on any atom is 0.363 e. The lowest BCUT2D eigenvalue weighted by Gasteiger charge is -2.07. The lowest BCUT2D eigenvalue weighted by molar-refractivity contribution is -0.384. The Labute approximate surface area is 158 Å². The number of ether oxygens (including phenoxy) is 3. The van der Waals surface area contributed by atoms with Crippen molar-refractivity contribution in [1.29, 1.82) is 0 Å². The number of rotatable bonds is 5. The van der Waals surface area contributed by atoms with Crippen molar-refractivity contribution in [3.8, 4) is 11.5 Å². The van der Waals surface area contributed by atoms with E-state index in [9.17, 15) is 14.9 Å². The van der Waals surface area contributed by atoms with E-state index in [4.69, 9.17) is 25.8 Å². The summed E-state index contributed by atoms with van der Waals surface area (Å²) in [5.74, 6) is 0.339. The highest BCUT2D eigenvalue weighted by Crippen LogP contribution is 2.30. The fraction of sp³-hybridized carbons (Fsp3) is 0.111. The number of benzene rings is 2. The summed E-state index contributed by atoms with van der Waals surface area (Å²) in [5.41, 5.74) is 0.668. The third-order valence-electron chi connectivity index (χ3n) is 3.72. The molecule has 0 atom stereocenters. The van der Waals surface area contributed by atoms with Gasteiger partial charge in [0.25, 0.3) is 5.69 Å². The Morgan fingerprint density at radius 3 is 2.56 bits per heavy atom. The van der Waals surface area contributed by atoms with E-state index < -0.39 is 10.9 Å². The predicted molar refractivity (Wildman–Crippen MR) is 98.3 cm³/mol. The second kappa shape index (κ2) is 7.46. The van der Waals surface area contributed by atoms with E-state index in [0.29, 0.717) is 17.1 Å². The largest absolute Gasteiger partial charge is 0.493 e. The smallest absolute Gasteiger partial charge is 0.363 e. The van der Waals surface area contributed by atoms with Crippen molar-refractivity contribution < 1.29 is 23.9 Å². The van der Waals surface area contributed by atoms with E-state index in [0.717, 1.165) is 0 Å². The topological polar surface area (TPSA) is 100 Å². The maximum absolute atomic E-state index is 12.1. The van der Waals surface area contributed by atoms with E-state index in [2.05, 4.69) is 4.99 Å². The van der Waals surface area contributed by atoms with Gasteiger partial charge in [0.2, 0.25) is 5.90 Å². The number of cyclic esters (lactones) is 1. The minimum absolute atomic E-state index is 0.0187. The van der Waals surface area contributed by atoms with E-state index in [-0.39, 0.29) is 27.9 Å². The molecular formula is C18H13ClN2O6. The first kappa shape index (κ1) is 18.4. The van der Waals surface area contributed by atoms with Crippen LogP contribution in [0.25, 0.3) is 6.08 Å². The summed E-state index contributed by atoms with van der Waals surface area (Å²) in [6.45, 7) is 0. The molecule has 138 valence electrons. The SMILES string of the molecule is COc1ccc(C=C2N=C(c3ccc(Cl)c([N+](=O)[O-])c3)OC2=O)cc1OC. The molecule has 1 aliphatic rings. The second-order valence-corrected chi connectivity index (χ2v) is 5.78. The number of esters is 1. The molecule has 0 amide bonds. The summed E-state index contributed by atoms with van der Waals surface area (Å²) in [4.78, 5) is 26.6. The molecule has 0 spiro atoms. The van der Waals surface area contributed by atoms with Crippen molar-refractivity contribution >= 4 is 35.2 Å². The molecule has 3 rings (SSSR count).